The van der Waals surface area contributed by atoms with E-state index in [2.05, 4.69) is 68.8 Å². The Labute approximate surface area is 158 Å². The molecule has 0 spiro atoms. The summed E-state index contributed by atoms with van der Waals surface area (Å²) in [6, 6.07) is 10.7. The Morgan fingerprint density at radius 1 is 0.962 bits per heavy atom. The molecule has 5 nitrogen and oxygen atoms in total. The first-order chi connectivity index (χ1) is 12.3. The summed E-state index contributed by atoms with van der Waals surface area (Å²) in [7, 11) is 0. The number of phenols is 2. The highest BCUT2D eigenvalue weighted by Crippen LogP contribution is 2.40. The number of phenolic OH excluding ortho intramolecular Hbond substituents is 2. The minimum Gasteiger partial charge on any atom is -0.508 e. The SMILES string of the molecule is CC(C)c1cccc(C(C)C)c1-c1c(S)nnn1-c1ccc(O)cc1O. The number of hydrogen-bond acceptors (Lipinski definition) is 5. The number of benzene rings is 2. The molecular weight excluding hydrogens is 346 g/mol. The maximum absolute atomic E-state index is 10.3. The highest BCUT2D eigenvalue weighted by atomic mass is 32.1. The third-order valence-corrected chi connectivity index (χ3v) is 4.75. The van der Waals surface area contributed by atoms with Crippen molar-refractivity contribution in [3.63, 3.8) is 0 Å². The van der Waals surface area contributed by atoms with Crippen molar-refractivity contribution in [2.24, 2.45) is 0 Å². The summed E-state index contributed by atoms with van der Waals surface area (Å²) in [5.74, 6) is 0.517. The zero-order chi connectivity index (χ0) is 19.0. The van der Waals surface area contributed by atoms with Crippen LogP contribution in [0.25, 0.3) is 16.9 Å². The molecular formula is C20H23N3O2S. The van der Waals surface area contributed by atoms with Gasteiger partial charge in [-0.1, -0.05) is 51.1 Å². The van der Waals surface area contributed by atoms with Gasteiger partial charge in [0.05, 0.1) is 0 Å². The van der Waals surface area contributed by atoms with Gasteiger partial charge in [-0.3, -0.25) is 0 Å². The van der Waals surface area contributed by atoms with Gasteiger partial charge in [0.15, 0.2) is 0 Å². The fourth-order valence-electron chi connectivity index (χ4n) is 3.18. The van der Waals surface area contributed by atoms with Crippen molar-refractivity contribution in [3.05, 3.63) is 47.5 Å². The third kappa shape index (κ3) is 3.17. The fourth-order valence-corrected chi connectivity index (χ4v) is 3.42. The van der Waals surface area contributed by atoms with Gasteiger partial charge in [0, 0.05) is 11.6 Å². The molecule has 0 radical (unpaired) electrons. The lowest BCUT2D eigenvalue weighted by Crippen LogP contribution is -2.06. The predicted octanol–water partition coefficient (Wildman–Crippen LogP) is 4.88. The molecule has 2 N–H and O–H groups in total. The number of aromatic hydroxyl groups is 2. The minimum absolute atomic E-state index is 0.00976. The summed E-state index contributed by atoms with van der Waals surface area (Å²) in [5, 5.41) is 28.7. The third-order valence-electron chi connectivity index (χ3n) is 4.45. The van der Waals surface area contributed by atoms with Crippen LogP contribution in [0.5, 0.6) is 11.5 Å². The summed E-state index contributed by atoms with van der Waals surface area (Å²) in [6.07, 6.45) is 0. The van der Waals surface area contributed by atoms with Crippen molar-refractivity contribution in [1.29, 1.82) is 0 Å². The first kappa shape index (κ1) is 18.3. The quantitative estimate of drug-likeness (QED) is 0.573. The molecule has 0 bridgehead atoms. The summed E-state index contributed by atoms with van der Waals surface area (Å²) in [4.78, 5) is 0. The molecule has 0 aliphatic carbocycles. The number of thiol groups is 1. The topological polar surface area (TPSA) is 71.2 Å². The Morgan fingerprint density at radius 3 is 2.12 bits per heavy atom. The molecule has 1 heterocycles. The van der Waals surface area contributed by atoms with E-state index in [0.717, 1.165) is 11.3 Å². The molecule has 136 valence electrons. The van der Waals surface area contributed by atoms with Crippen LogP contribution in [-0.4, -0.2) is 25.2 Å². The highest BCUT2D eigenvalue weighted by Gasteiger charge is 2.23. The molecule has 0 aliphatic heterocycles. The molecule has 3 rings (SSSR count). The first-order valence-electron chi connectivity index (χ1n) is 8.61. The van der Waals surface area contributed by atoms with Crippen molar-refractivity contribution in [3.8, 4) is 28.4 Å². The predicted molar refractivity (Wildman–Crippen MR) is 106 cm³/mol. The lowest BCUT2D eigenvalue weighted by Gasteiger charge is -2.20. The van der Waals surface area contributed by atoms with Crippen LogP contribution in [0, 0.1) is 0 Å². The van der Waals surface area contributed by atoms with Gasteiger partial charge >= 0.3 is 0 Å². The van der Waals surface area contributed by atoms with E-state index in [0.29, 0.717) is 22.5 Å². The second kappa shape index (κ2) is 7.03. The number of rotatable bonds is 4. The molecule has 0 atom stereocenters. The largest absolute Gasteiger partial charge is 0.508 e. The van der Waals surface area contributed by atoms with E-state index < -0.39 is 0 Å². The summed E-state index contributed by atoms with van der Waals surface area (Å²) in [6.45, 7) is 8.58. The Bertz CT molecular complexity index is 922. The molecule has 0 saturated heterocycles. The van der Waals surface area contributed by atoms with E-state index >= 15 is 0 Å². The van der Waals surface area contributed by atoms with Crippen LogP contribution in [0.2, 0.25) is 0 Å². The zero-order valence-corrected chi connectivity index (χ0v) is 16.2. The molecule has 0 fully saturated rings. The fraction of sp³-hybridized carbons (Fsp3) is 0.300. The maximum Gasteiger partial charge on any atom is 0.145 e. The summed E-state index contributed by atoms with van der Waals surface area (Å²) >= 11 is 4.54. The van der Waals surface area contributed by atoms with Crippen molar-refractivity contribution in [2.45, 2.75) is 44.6 Å². The second-order valence-corrected chi connectivity index (χ2v) is 7.39. The van der Waals surface area contributed by atoms with Crippen molar-refractivity contribution >= 4 is 12.6 Å². The molecule has 0 saturated carbocycles. The smallest absolute Gasteiger partial charge is 0.145 e. The summed E-state index contributed by atoms with van der Waals surface area (Å²) < 4.78 is 1.59. The number of aromatic nitrogens is 3. The van der Waals surface area contributed by atoms with E-state index in [1.54, 1.807) is 10.7 Å². The number of nitrogens with zero attached hydrogens (tertiary/aromatic N) is 3. The molecule has 26 heavy (non-hydrogen) atoms. The molecule has 0 amide bonds. The van der Waals surface area contributed by atoms with Gasteiger partial charge < -0.3 is 10.2 Å². The van der Waals surface area contributed by atoms with Crippen molar-refractivity contribution in [2.75, 3.05) is 0 Å². The van der Waals surface area contributed by atoms with Gasteiger partial charge in [0.25, 0.3) is 0 Å². The average molecular weight is 369 g/mol. The lowest BCUT2D eigenvalue weighted by molar-refractivity contribution is 0.447. The van der Waals surface area contributed by atoms with Crippen LogP contribution in [0.4, 0.5) is 0 Å². The van der Waals surface area contributed by atoms with Crippen LogP contribution in [0.3, 0.4) is 0 Å². The van der Waals surface area contributed by atoms with Crippen LogP contribution in [0.1, 0.15) is 50.7 Å². The van der Waals surface area contributed by atoms with Crippen LogP contribution >= 0.6 is 12.6 Å². The normalized spacial score (nSPS) is 11.5. The number of hydrogen-bond donors (Lipinski definition) is 3. The van der Waals surface area contributed by atoms with Gasteiger partial charge in [-0.05, 0) is 35.1 Å². The van der Waals surface area contributed by atoms with E-state index in [9.17, 15) is 10.2 Å². The molecule has 2 aromatic carbocycles. The molecule has 1 aromatic heterocycles. The Kier molecular flexibility index (Phi) is 4.96. The Balaban J connectivity index is 2.35. The van der Waals surface area contributed by atoms with Gasteiger partial charge in [-0.15, -0.1) is 17.7 Å². The average Bonchev–Trinajstić information content (AvgIpc) is 2.95. The monoisotopic (exact) mass is 369 g/mol. The van der Waals surface area contributed by atoms with Crippen molar-refractivity contribution < 1.29 is 10.2 Å². The van der Waals surface area contributed by atoms with Crippen LogP contribution in [0.15, 0.2) is 41.4 Å². The standard InChI is InChI=1S/C20H23N3O2S/c1-11(2)14-6-5-7-15(12(3)4)18(14)19-20(26)21-22-23(19)16-9-8-13(24)10-17(16)25/h5-12,24-26H,1-4H3. The van der Waals surface area contributed by atoms with Gasteiger partial charge in [-0.2, -0.15) is 0 Å². The van der Waals surface area contributed by atoms with Gasteiger partial charge in [0.2, 0.25) is 0 Å². The second-order valence-electron chi connectivity index (χ2n) is 6.97. The van der Waals surface area contributed by atoms with E-state index in [1.165, 1.54) is 23.3 Å². The van der Waals surface area contributed by atoms with Gasteiger partial charge in [0.1, 0.15) is 27.9 Å². The highest BCUT2D eigenvalue weighted by molar-refractivity contribution is 7.80. The van der Waals surface area contributed by atoms with E-state index in [-0.39, 0.29) is 11.5 Å². The Morgan fingerprint density at radius 2 is 1.58 bits per heavy atom. The van der Waals surface area contributed by atoms with E-state index in [1.807, 2.05) is 0 Å². The van der Waals surface area contributed by atoms with Crippen LogP contribution in [-0.2, 0) is 0 Å². The molecule has 0 aliphatic rings. The minimum atomic E-state index is -0.0717. The van der Waals surface area contributed by atoms with Crippen LogP contribution < -0.4 is 0 Å². The molecule has 0 unspecified atom stereocenters. The van der Waals surface area contributed by atoms with Gasteiger partial charge in [-0.25, -0.2) is 4.68 Å². The van der Waals surface area contributed by atoms with Crippen molar-refractivity contribution in [1.82, 2.24) is 15.0 Å². The lowest BCUT2D eigenvalue weighted by atomic mass is 9.87. The maximum atomic E-state index is 10.3. The summed E-state index contributed by atoms with van der Waals surface area (Å²) in [5.41, 5.74) is 4.57. The Hall–Kier alpha value is -2.47. The first-order valence-corrected chi connectivity index (χ1v) is 9.06. The molecule has 3 aromatic rings. The zero-order valence-electron chi connectivity index (χ0n) is 15.3. The van der Waals surface area contributed by atoms with E-state index in [4.69, 9.17) is 0 Å². The molecule has 6 heteroatoms.